The number of rotatable bonds is 8. The van der Waals surface area contributed by atoms with Crippen LogP contribution in [-0.4, -0.2) is 45.0 Å². The molecule has 28 heavy (non-hydrogen) atoms. The van der Waals surface area contributed by atoms with E-state index in [1.807, 2.05) is 6.26 Å². The van der Waals surface area contributed by atoms with Crippen molar-refractivity contribution in [1.82, 2.24) is 25.1 Å². The first kappa shape index (κ1) is 20.7. The van der Waals surface area contributed by atoms with Crippen molar-refractivity contribution >= 4 is 57.7 Å². The van der Waals surface area contributed by atoms with Gasteiger partial charge in [-0.2, -0.15) is 5.10 Å². The highest BCUT2D eigenvalue weighted by Gasteiger charge is 2.13. The van der Waals surface area contributed by atoms with E-state index >= 15 is 0 Å². The number of thioether (sulfide) groups is 1. The Morgan fingerprint density at radius 2 is 1.93 bits per heavy atom. The summed E-state index contributed by atoms with van der Waals surface area (Å²) in [5.41, 5.74) is 1.15. The molecule has 2 heterocycles. The molecule has 3 aromatic rings. The van der Waals surface area contributed by atoms with Gasteiger partial charge in [-0.1, -0.05) is 41.9 Å². The van der Waals surface area contributed by atoms with E-state index in [0.717, 1.165) is 29.8 Å². The summed E-state index contributed by atoms with van der Waals surface area (Å²) in [6, 6.07) is 4.74. The van der Waals surface area contributed by atoms with Crippen LogP contribution in [0.1, 0.15) is 23.7 Å². The van der Waals surface area contributed by atoms with E-state index in [1.54, 1.807) is 29.1 Å². The molecule has 0 aliphatic carbocycles. The summed E-state index contributed by atoms with van der Waals surface area (Å²) in [7, 11) is 0. The zero-order chi connectivity index (χ0) is 20.1. The molecule has 0 bridgehead atoms. The Labute approximate surface area is 177 Å². The van der Waals surface area contributed by atoms with Crippen LogP contribution in [0, 0.1) is 0 Å². The summed E-state index contributed by atoms with van der Waals surface area (Å²) < 4.78 is 1.76. The third-order valence-electron chi connectivity index (χ3n) is 3.93. The molecule has 0 unspecified atom stereocenters. The predicted octanol–water partition coefficient (Wildman–Crippen LogP) is 4.11. The zero-order valence-corrected chi connectivity index (χ0v) is 17.8. The third-order valence-corrected chi connectivity index (χ3v) is 4.92. The normalized spacial score (nSPS) is 11.0. The van der Waals surface area contributed by atoms with Crippen LogP contribution in [0.5, 0.6) is 0 Å². The number of amides is 1. The molecular formula is C18H20Cl2N6OS. The molecular weight excluding hydrogens is 419 g/mol. The van der Waals surface area contributed by atoms with E-state index in [4.69, 9.17) is 23.2 Å². The number of benzene rings is 1. The SMILES string of the molecule is CCCNc1nc(SC)nc2c1cnn2CCNC(=O)c1cc(Cl)cc(Cl)c1. The number of fused-ring (bicyclic) bond motifs is 1. The first-order valence-corrected chi connectivity index (χ1v) is 10.8. The number of nitrogens with zero attached hydrogens (tertiary/aromatic N) is 4. The van der Waals surface area contributed by atoms with Crippen LogP contribution in [0.4, 0.5) is 5.82 Å². The molecule has 0 radical (unpaired) electrons. The minimum Gasteiger partial charge on any atom is -0.369 e. The summed E-state index contributed by atoms with van der Waals surface area (Å²) in [6.07, 6.45) is 4.67. The Morgan fingerprint density at radius 3 is 2.61 bits per heavy atom. The Kier molecular flexibility index (Phi) is 6.98. The highest BCUT2D eigenvalue weighted by atomic mass is 35.5. The van der Waals surface area contributed by atoms with Crippen LogP contribution in [0.2, 0.25) is 10.0 Å². The molecule has 0 aliphatic rings. The zero-order valence-electron chi connectivity index (χ0n) is 15.5. The molecule has 7 nitrogen and oxygen atoms in total. The van der Waals surface area contributed by atoms with E-state index in [1.165, 1.54) is 11.8 Å². The van der Waals surface area contributed by atoms with Gasteiger partial charge in [-0.05, 0) is 30.9 Å². The Morgan fingerprint density at radius 1 is 1.18 bits per heavy atom. The fraction of sp³-hybridized carbons (Fsp3) is 0.333. The van der Waals surface area contributed by atoms with Crippen molar-refractivity contribution < 1.29 is 4.79 Å². The lowest BCUT2D eigenvalue weighted by Gasteiger charge is -2.09. The van der Waals surface area contributed by atoms with Crippen molar-refractivity contribution in [3.05, 3.63) is 40.0 Å². The number of aromatic nitrogens is 4. The summed E-state index contributed by atoms with van der Waals surface area (Å²) in [4.78, 5) is 21.4. The molecule has 1 amide bonds. The number of hydrogen-bond donors (Lipinski definition) is 2. The number of halogens is 2. The molecule has 0 atom stereocenters. The molecule has 0 saturated carbocycles. The molecule has 3 rings (SSSR count). The van der Waals surface area contributed by atoms with Gasteiger partial charge in [0.1, 0.15) is 5.82 Å². The smallest absolute Gasteiger partial charge is 0.251 e. The van der Waals surface area contributed by atoms with E-state index < -0.39 is 0 Å². The van der Waals surface area contributed by atoms with Gasteiger partial charge in [-0.3, -0.25) is 4.79 Å². The molecule has 2 aromatic heterocycles. The predicted molar refractivity (Wildman–Crippen MR) is 115 cm³/mol. The van der Waals surface area contributed by atoms with Crippen molar-refractivity contribution in [3.8, 4) is 0 Å². The van der Waals surface area contributed by atoms with Crippen molar-refractivity contribution in [2.24, 2.45) is 0 Å². The lowest BCUT2D eigenvalue weighted by molar-refractivity contribution is 0.0952. The average Bonchev–Trinajstić information content (AvgIpc) is 3.08. The molecule has 10 heteroatoms. The molecule has 0 aliphatic heterocycles. The lowest BCUT2D eigenvalue weighted by atomic mass is 10.2. The minimum atomic E-state index is -0.245. The molecule has 2 N–H and O–H groups in total. The van der Waals surface area contributed by atoms with Crippen LogP contribution >= 0.6 is 35.0 Å². The van der Waals surface area contributed by atoms with Crippen molar-refractivity contribution in [1.29, 1.82) is 0 Å². The standard InChI is InChI=1S/C18H20Cl2N6OS/c1-3-4-21-15-14-10-23-26(16(14)25-18(24-15)28-2)6-5-22-17(27)11-7-12(19)9-13(20)8-11/h7-10H,3-6H2,1-2H3,(H,22,27)(H,21,24,25). The number of carbonyl (C=O) groups is 1. The van der Waals surface area contributed by atoms with Crippen molar-refractivity contribution in [2.45, 2.75) is 25.0 Å². The largest absolute Gasteiger partial charge is 0.369 e. The quantitative estimate of drug-likeness (QED) is 0.406. The number of hydrogen-bond acceptors (Lipinski definition) is 6. The number of carbonyl (C=O) groups excluding carboxylic acids is 1. The number of anilines is 1. The summed E-state index contributed by atoms with van der Waals surface area (Å²) >= 11 is 13.4. The molecule has 148 valence electrons. The van der Waals surface area contributed by atoms with Crippen molar-refractivity contribution in [2.75, 3.05) is 24.7 Å². The topological polar surface area (TPSA) is 84.7 Å². The maximum atomic E-state index is 12.3. The van der Waals surface area contributed by atoms with Gasteiger partial charge in [-0.15, -0.1) is 0 Å². The summed E-state index contributed by atoms with van der Waals surface area (Å²) in [5.74, 6) is 0.533. The van der Waals surface area contributed by atoms with Gasteiger partial charge in [0.2, 0.25) is 0 Å². The Bertz CT molecular complexity index is 973. The van der Waals surface area contributed by atoms with E-state index in [0.29, 0.717) is 33.9 Å². The maximum absolute atomic E-state index is 12.3. The van der Waals surface area contributed by atoms with Gasteiger partial charge < -0.3 is 10.6 Å². The number of nitrogens with one attached hydrogen (secondary N) is 2. The van der Waals surface area contributed by atoms with Gasteiger partial charge >= 0.3 is 0 Å². The van der Waals surface area contributed by atoms with Crippen LogP contribution in [0.15, 0.2) is 29.6 Å². The monoisotopic (exact) mass is 438 g/mol. The van der Waals surface area contributed by atoms with E-state index in [2.05, 4.69) is 32.6 Å². The Balaban J connectivity index is 1.73. The molecule has 0 spiro atoms. The first-order chi connectivity index (χ1) is 13.5. The van der Waals surface area contributed by atoms with Crippen LogP contribution < -0.4 is 10.6 Å². The Hall–Kier alpha value is -2.03. The average molecular weight is 439 g/mol. The fourth-order valence-corrected chi connectivity index (χ4v) is 3.52. The second-order valence-corrected chi connectivity index (χ2v) is 7.65. The fourth-order valence-electron chi connectivity index (χ4n) is 2.63. The highest BCUT2D eigenvalue weighted by molar-refractivity contribution is 7.98. The van der Waals surface area contributed by atoms with Crippen LogP contribution in [-0.2, 0) is 6.54 Å². The van der Waals surface area contributed by atoms with Crippen LogP contribution in [0.3, 0.4) is 0 Å². The van der Waals surface area contributed by atoms with E-state index in [9.17, 15) is 4.79 Å². The summed E-state index contributed by atoms with van der Waals surface area (Å²) in [6.45, 7) is 3.78. The molecule has 0 saturated heterocycles. The molecule has 0 fully saturated rings. The lowest BCUT2D eigenvalue weighted by Crippen LogP contribution is -2.27. The van der Waals surface area contributed by atoms with Gasteiger partial charge in [0.05, 0.1) is 18.1 Å². The van der Waals surface area contributed by atoms with Crippen LogP contribution in [0.25, 0.3) is 11.0 Å². The van der Waals surface area contributed by atoms with Gasteiger partial charge in [0.25, 0.3) is 5.91 Å². The van der Waals surface area contributed by atoms with E-state index in [-0.39, 0.29) is 5.91 Å². The van der Waals surface area contributed by atoms with Crippen molar-refractivity contribution in [3.63, 3.8) is 0 Å². The second-order valence-electron chi connectivity index (χ2n) is 6.00. The third kappa shape index (κ3) is 4.87. The highest BCUT2D eigenvalue weighted by Crippen LogP contribution is 2.23. The minimum absolute atomic E-state index is 0.245. The van der Waals surface area contributed by atoms with Gasteiger partial charge in [0, 0.05) is 28.7 Å². The van der Waals surface area contributed by atoms with Gasteiger partial charge in [-0.25, -0.2) is 14.6 Å². The first-order valence-electron chi connectivity index (χ1n) is 8.77. The second kappa shape index (κ2) is 9.45. The maximum Gasteiger partial charge on any atom is 0.251 e. The molecule has 1 aromatic carbocycles. The van der Waals surface area contributed by atoms with Gasteiger partial charge in [0.15, 0.2) is 10.8 Å². The summed E-state index contributed by atoms with van der Waals surface area (Å²) in [5, 5.41) is 13.0.